The van der Waals surface area contributed by atoms with Crippen molar-refractivity contribution in [3.05, 3.63) is 11.9 Å². The number of nitrogens with one attached hydrogen (secondary N) is 2. The van der Waals surface area contributed by atoms with E-state index in [0.717, 1.165) is 36.6 Å². The Morgan fingerprint density at radius 3 is 2.39 bits per heavy atom. The second-order valence-electron chi connectivity index (χ2n) is 5.52. The molecule has 0 bridgehead atoms. The van der Waals surface area contributed by atoms with Crippen LogP contribution in [0.5, 0.6) is 0 Å². The van der Waals surface area contributed by atoms with Crippen LogP contribution >= 0.6 is 0 Å². The summed E-state index contributed by atoms with van der Waals surface area (Å²) in [5, 5.41) is 6.81. The third-order valence-corrected chi connectivity index (χ3v) is 3.61. The smallest absolute Gasteiger partial charge is 0.134 e. The average Bonchev–Trinajstić information content (AvgIpc) is 3.03. The van der Waals surface area contributed by atoms with Crippen molar-refractivity contribution in [2.45, 2.75) is 40.0 Å². The normalized spacial score (nSPS) is 22.1. The fraction of sp³-hybridized carbons (Fsp3) is 0.714. The van der Waals surface area contributed by atoms with Crippen molar-refractivity contribution in [1.29, 1.82) is 0 Å². The highest BCUT2D eigenvalue weighted by Crippen LogP contribution is 2.38. The molecule has 2 N–H and O–H groups in total. The van der Waals surface area contributed by atoms with E-state index in [2.05, 4.69) is 48.3 Å². The first-order chi connectivity index (χ1) is 8.63. The Labute approximate surface area is 110 Å². The summed E-state index contributed by atoms with van der Waals surface area (Å²) in [5.41, 5.74) is 1.20. The first-order valence-corrected chi connectivity index (χ1v) is 6.96. The predicted molar refractivity (Wildman–Crippen MR) is 76.0 cm³/mol. The highest BCUT2D eigenvalue weighted by atomic mass is 15.1. The zero-order valence-electron chi connectivity index (χ0n) is 11.8. The van der Waals surface area contributed by atoms with E-state index >= 15 is 0 Å². The molecule has 4 nitrogen and oxygen atoms in total. The number of hydrogen-bond acceptors (Lipinski definition) is 4. The Hall–Kier alpha value is -1.32. The Balaban J connectivity index is 2.13. The molecule has 0 spiro atoms. The maximum absolute atomic E-state index is 4.41. The van der Waals surface area contributed by atoms with Crippen molar-refractivity contribution < 1.29 is 0 Å². The Kier molecular flexibility index (Phi) is 4.04. The van der Waals surface area contributed by atoms with Gasteiger partial charge < -0.3 is 10.6 Å². The summed E-state index contributed by atoms with van der Waals surface area (Å²) in [5.74, 6) is 4.07. The zero-order valence-corrected chi connectivity index (χ0v) is 11.8. The van der Waals surface area contributed by atoms with Gasteiger partial charge in [0.15, 0.2) is 0 Å². The van der Waals surface area contributed by atoms with E-state index in [-0.39, 0.29) is 0 Å². The first kappa shape index (κ1) is 13.1. The van der Waals surface area contributed by atoms with Crippen LogP contribution in [0.15, 0.2) is 6.33 Å². The molecule has 1 aromatic rings. The summed E-state index contributed by atoms with van der Waals surface area (Å²) in [4.78, 5) is 8.75. The number of hydrogen-bond donors (Lipinski definition) is 2. The van der Waals surface area contributed by atoms with Crippen LogP contribution in [0.4, 0.5) is 11.6 Å². The van der Waals surface area contributed by atoms with Crippen LogP contribution in [-0.4, -0.2) is 23.1 Å². The zero-order chi connectivity index (χ0) is 13.1. The summed E-state index contributed by atoms with van der Waals surface area (Å²) in [6.45, 7) is 10.7. The molecular weight excluding hydrogens is 224 g/mol. The van der Waals surface area contributed by atoms with E-state index in [0.29, 0.717) is 5.92 Å². The molecule has 2 atom stereocenters. The number of nitrogens with zero attached hydrogens (tertiary/aromatic N) is 2. The van der Waals surface area contributed by atoms with Gasteiger partial charge in [-0.1, -0.05) is 20.8 Å². The van der Waals surface area contributed by atoms with Gasteiger partial charge in [0.25, 0.3) is 0 Å². The molecule has 0 aromatic carbocycles. The molecule has 1 aliphatic carbocycles. The molecule has 1 aromatic heterocycles. The number of aromatic nitrogens is 2. The molecule has 2 unspecified atom stereocenters. The van der Waals surface area contributed by atoms with Gasteiger partial charge in [0.1, 0.15) is 18.0 Å². The maximum atomic E-state index is 4.41. The monoisotopic (exact) mass is 248 g/mol. The second kappa shape index (κ2) is 5.55. The third-order valence-electron chi connectivity index (χ3n) is 3.61. The standard InChI is InChI=1S/C14H24N4/c1-5-15-13-12(9(2)3)14(18-8-17-13)16-7-11-6-10(11)4/h8-11H,5-7H2,1-4H3,(H2,15,16,17,18). The van der Waals surface area contributed by atoms with Crippen LogP contribution in [0.1, 0.15) is 45.6 Å². The summed E-state index contributed by atoms with van der Waals surface area (Å²) in [7, 11) is 0. The highest BCUT2D eigenvalue weighted by Gasteiger charge is 2.32. The highest BCUT2D eigenvalue weighted by molar-refractivity contribution is 5.59. The lowest BCUT2D eigenvalue weighted by molar-refractivity contribution is 0.776. The fourth-order valence-electron chi connectivity index (χ4n) is 2.30. The molecule has 1 fully saturated rings. The Morgan fingerprint density at radius 1 is 1.28 bits per heavy atom. The SMILES string of the molecule is CCNc1ncnc(NCC2CC2C)c1C(C)C. The quantitative estimate of drug-likeness (QED) is 0.812. The summed E-state index contributed by atoms with van der Waals surface area (Å²) in [6, 6.07) is 0. The van der Waals surface area contributed by atoms with Crippen molar-refractivity contribution in [3.63, 3.8) is 0 Å². The van der Waals surface area contributed by atoms with Crippen molar-refractivity contribution in [3.8, 4) is 0 Å². The molecule has 100 valence electrons. The van der Waals surface area contributed by atoms with Gasteiger partial charge in [0.05, 0.1) is 0 Å². The lowest BCUT2D eigenvalue weighted by Crippen LogP contribution is -2.13. The van der Waals surface area contributed by atoms with Gasteiger partial charge in [0, 0.05) is 18.7 Å². The fourth-order valence-corrected chi connectivity index (χ4v) is 2.30. The Bertz CT molecular complexity index is 403. The second-order valence-corrected chi connectivity index (χ2v) is 5.52. The molecule has 0 amide bonds. The van der Waals surface area contributed by atoms with Crippen LogP contribution < -0.4 is 10.6 Å². The molecule has 2 rings (SSSR count). The van der Waals surface area contributed by atoms with Crippen LogP contribution in [0.3, 0.4) is 0 Å². The van der Waals surface area contributed by atoms with E-state index in [1.807, 2.05) is 0 Å². The van der Waals surface area contributed by atoms with Crippen molar-refractivity contribution in [2.24, 2.45) is 11.8 Å². The van der Waals surface area contributed by atoms with Crippen molar-refractivity contribution >= 4 is 11.6 Å². The lowest BCUT2D eigenvalue weighted by Gasteiger charge is -2.17. The van der Waals surface area contributed by atoms with Crippen molar-refractivity contribution in [2.75, 3.05) is 23.7 Å². The van der Waals surface area contributed by atoms with E-state index < -0.39 is 0 Å². The summed E-state index contributed by atoms with van der Waals surface area (Å²) < 4.78 is 0. The summed E-state index contributed by atoms with van der Waals surface area (Å²) in [6.07, 6.45) is 2.98. The number of rotatable bonds is 6. The Morgan fingerprint density at radius 2 is 1.89 bits per heavy atom. The third kappa shape index (κ3) is 2.92. The predicted octanol–water partition coefficient (Wildman–Crippen LogP) is 3.10. The van der Waals surface area contributed by atoms with E-state index in [9.17, 15) is 0 Å². The van der Waals surface area contributed by atoms with Gasteiger partial charge in [0.2, 0.25) is 0 Å². The largest absolute Gasteiger partial charge is 0.370 e. The molecule has 0 radical (unpaired) electrons. The van der Waals surface area contributed by atoms with E-state index in [1.165, 1.54) is 12.0 Å². The molecule has 0 aliphatic heterocycles. The van der Waals surface area contributed by atoms with Gasteiger partial charge in [-0.05, 0) is 31.1 Å². The van der Waals surface area contributed by atoms with E-state index in [4.69, 9.17) is 0 Å². The topological polar surface area (TPSA) is 49.8 Å². The molecule has 1 saturated carbocycles. The average molecular weight is 248 g/mol. The van der Waals surface area contributed by atoms with Crippen molar-refractivity contribution in [1.82, 2.24) is 9.97 Å². The number of anilines is 2. The maximum Gasteiger partial charge on any atom is 0.134 e. The minimum absolute atomic E-state index is 0.416. The van der Waals surface area contributed by atoms with Gasteiger partial charge in [-0.3, -0.25) is 0 Å². The van der Waals surface area contributed by atoms with Crippen LogP contribution in [0, 0.1) is 11.8 Å². The minimum Gasteiger partial charge on any atom is -0.370 e. The van der Waals surface area contributed by atoms with Crippen LogP contribution in [0.2, 0.25) is 0 Å². The molecule has 18 heavy (non-hydrogen) atoms. The molecule has 4 heteroatoms. The van der Waals surface area contributed by atoms with Crippen LogP contribution in [-0.2, 0) is 0 Å². The van der Waals surface area contributed by atoms with Gasteiger partial charge in [-0.2, -0.15) is 0 Å². The van der Waals surface area contributed by atoms with E-state index in [1.54, 1.807) is 6.33 Å². The summed E-state index contributed by atoms with van der Waals surface area (Å²) >= 11 is 0. The minimum atomic E-state index is 0.416. The van der Waals surface area contributed by atoms with Gasteiger partial charge in [-0.15, -0.1) is 0 Å². The molecule has 1 heterocycles. The molecular formula is C14H24N4. The molecule has 1 aliphatic rings. The molecule has 0 saturated heterocycles. The lowest BCUT2D eigenvalue weighted by atomic mass is 10.0. The van der Waals surface area contributed by atoms with Gasteiger partial charge >= 0.3 is 0 Å². The van der Waals surface area contributed by atoms with Crippen LogP contribution in [0.25, 0.3) is 0 Å². The van der Waals surface area contributed by atoms with Gasteiger partial charge in [-0.25, -0.2) is 9.97 Å². The first-order valence-electron chi connectivity index (χ1n) is 6.96.